The molecular formula is C16H28N4O7. The number of aliphatic carboxylic acids is 1. The lowest BCUT2D eigenvalue weighted by Gasteiger charge is -2.26. The van der Waals surface area contributed by atoms with Crippen LogP contribution in [0.4, 0.5) is 0 Å². The second kappa shape index (κ2) is 10.2. The maximum absolute atomic E-state index is 12.3. The maximum Gasteiger partial charge on any atom is 0.328 e. The summed E-state index contributed by atoms with van der Waals surface area (Å²) in [6, 6.07) is -4.40. The van der Waals surface area contributed by atoms with E-state index >= 15 is 0 Å². The van der Waals surface area contributed by atoms with Crippen molar-refractivity contribution in [1.29, 1.82) is 0 Å². The van der Waals surface area contributed by atoms with Crippen LogP contribution in [0.2, 0.25) is 0 Å². The second-order valence-electron chi connectivity index (χ2n) is 6.67. The summed E-state index contributed by atoms with van der Waals surface area (Å²) in [6.07, 6.45) is -1.20. The molecule has 0 aliphatic carbocycles. The molecule has 7 N–H and O–H groups in total. The van der Waals surface area contributed by atoms with Crippen molar-refractivity contribution in [2.45, 2.75) is 70.0 Å². The van der Waals surface area contributed by atoms with Crippen LogP contribution in [0.5, 0.6) is 0 Å². The third-order valence-electron chi connectivity index (χ3n) is 4.24. The molecule has 1 heterocycles. The quantitative estimate of drug-likeness (QED) is 0.219. The fourth-order valence-corrected chi connectivity index (χ4v) is 2.60. The first-order chi connectivity index (χ1) is 12.5. The van der Waals surface area contributed by atoms with Crippen LogP contribution in [0.1, 0.15) is 33.6 Å². The van der Waals surface area contributed by atoms with Gasteiger partial charge in [0.1, 0.15) is 12.1 Å². The van der Waals surface area contributed by atoms with Gasteiger partial charge in [-0.15, -0.1) is 0 Å². The summed E-state index contributed by atoms with van der Waals surface area (Å²) >= 11 is 0. The highest BCUT2D eigenvalue weighted by Gasteiger charge is 2.33. The Bertz CT molecular complexity index is 561. The number of rotatable bonds is 9. The Morgan fingerprint density at radius 3 is 1.93 bits per heavy atom. The molecule has 1 aliphatic rings. The average molecular weight is 388 g/mol. The van der Waals surface area contributed by atoms with Gasteiger partial charge in [-0.25, -0.2) is 4.79 Å². The highest BCUT2D eigenvalue weighted by molar-refractivity contribution is 5.94. The molecule has 154 valence electrons. The number of hydrogen-bond donors (Lipinski definition) is 7. The number of carbonyl (C=O) groups excluding carboxylic acids is 3. The van der Waals surface area contributed by atoms with Crippen LogP contribution in [0, 0.1) is 0 Å². The molecule has 0 aromatic carbocycles. The van der Waals surface area contributed by atoms with Crippen molar-refractivity contribution in [1.82, 2.24) is 21.3 Å². The van der Waals surface area contributed by atoms with Gasteiger partial charge in [0.15, 0.2) is 6.04 Å². The monoisotopic (exact) mass is 388 g/mol. The minimum absolute atomic E-state index is 0.340. The van der Waals surface area contributed by atoms with E-state index in [1.165, 1.54) is 20.8 Å². The first kappa shape index (κ1) is 22.8. The van der Waals surface area contributed by atoms with Crippen LogP contribution in [0.25, 0.3) is 0 Å². The Hall–Kier alpha value is -2.24. The van der Waals surface area contributed by atoms with Crippen molar-refractivity contribution in [3.8, 4) is 0 Å². The van der Waals surface area contributed by atoms with Crippen LogP contribution in [0.3, 0.4) is 0 Å². The Balaban J connectivity index is 2.68. The van der Waals surface area contributed by atoms with Gasteiger partial charge in [-0.3, -0.25) is 14.4 Å². The standard InChI is InChI=1S/C16H28N4O7/c1-7(18-14(24)10-5-4-6-17-10)13(23)19-11(8(2)21)15(25)20-12(9(3)22)16(26)27/h7-12,17,21-22H,4-6H2,1-3H3,(H,18,24)(H,19,23)(H,20,25)(H,26,27). The van der Waals surface area contributed by atoms with E-state index < -0.39 is 48.1 Å². The smallest absolute Gasteiger partial charge is 0.328 e. The largest absolute Gasteiger partial charge is 0.480 e. The topological polar surface area (TPSA) is 177 Å². The number of aliphatic hydroxyl groups is 2. The van der Waals surface area contributed by atoms with Crippen molar-refractivity contribution in [2.24, 2.45) is 0 Å². The normalized spacial score (nSPS) is 22.0. The lowest BCUT2D eigenvalue weighted by molar-refractivity contribution is -0.146. The maximum atomic E-state index is 12.3. The molecule has 3 amide bonds. The lowest BCUT2D eigenvalue weighted by atomic mass is 10.1. The third-order valence-corrected chi connectivity index (χ3v) is 4.24. The lowest BCUT2D eigenvalue weighted by Crippen LogP contribution is -2.60. The van der Waals surface area contributed by atoms with Crippen molar-refractivity contribution < 1.29 is 34.5 Å². The Labute approximate surface area is 156 Å². The van der Waals surface area contributed by atoms with Gasteiger partial charge in [-0.05, 0) is 40.2 Å². The summed E-state index contributed by atoms with van der Waals surface area (Å²) in [6.45, 7) is 4.57. The van der Waals surface area contributed by atoms with Crippen LogP contribution >= 0.6 is 0 Å². The molecule has 0 radical (unpaired) electrons. The molecule has 0 bridgehead atoms. The molecule has 0 spiro atoms. The van der Waals surface area contributed by atoms with E-state index in [9.17, 15) is 29.4 Å². The number of nitrogens with one attached hydrogen (secondary N) is 4. The molecule has 1 saturated heterocycles. The molecule has 6 atom stereocenters. The van der Waals surface area contributed by atoms with Gasteiger partial charge in [0, 0.05) is 0 Å². The van der Waals surface area contributed by atoms with E-state index in [2.05, 4.69) is 21.3 Å². The molecule has 6 unspecified atom stereocenters. The van der Waals surface area contributed by atoms with E-state index in [0.717, 1.165) is 13.0 Å². The molecule has 27 heavy (non-hydrogen) atoms. The number of hydrogen-bond acceptors (Lipinski definition) is 7. The molecule has 11 heteroatoms. The van der Waals surface area contributed by atoms with Gasteiger partial charge >= 0.3 is 5.97 Å². The van der Waals surface area contributed by atoms with E-state index in [-0.39, 0.29) is 11.9 Å². The van der Waals surface area contributed by atoms with E-state index in [1.54, 1.807) is 0 Å². The number of carboxylic acids is 1. The zero-order chi connectivity index (χ0) is 20.7. The third kappa shape index (κ3) is 6.77. The summed E-state index contributed by atoms with van der Waals surface area (Å²) in [4.78, 5) is 47.6. The molecule has 0 saturated carbocycles. The number of aliphatic hydroxyl groups excluding tert-OH is 2. The molecule has 11 nitrogen and oxygen atoms in total. The van der Waals surface area contributed by atoms with Crippen LogP contribution < -0.4 is 21.3 Å². The van der Waals surface area contributed by atoms with Gasteiger partial charge in [0.25, 0.3) is 0 Å². The van der Waals surface area contributed by atoms with E-state index in [1.807, 2.05) is 0 Å². The van der Waals surface area contributed by atoms with Gasteiger partial charge in [0.05, 0.1) is 18.2 Å². The average Bonchev–Trinajstić information content (AvgIpc) is 3.10. The van der Waals surface area contributed by atoms with E-state index in [0.29, 0.717) is 6.42 Å². The minimum atomic E-state index is -1.60. The summed E-state index contributed by atoms with van der Waals surface area (Å²) in [5, 5.41) is 38.1. The van der Waals surface area contributed by atoms with Crippen molar-refractivity contribution in [3.63, 3.8) is 0 Å². The van der Waals surface area contributed by atoms with Gasteiger partial charge in [0.2, 0.25) is 17.7 Å². The van der Waals surface area contributed by atoms with Gasteiger partial charge in [-0.2, -0.15) is 0 Å². The first-order valence-corrected chi connectivity index (χ1v) is 8.78. The summed E-state index contributed by atoms with van der Waals surface area (Å²) in [5.74, 6) is -3.49. The summed E-state index contributed by atoms with van der Waals surface area (Å²) in [7, 11) is 0. The van der Waals surface area contributed by atoms with Crippen molar-refractivity contribution >= 4 is 23.7 Å². The minimum Gasteiger partial charge on any atom is -0.480 e. The van der Waals surface area contributed by atoms with Crippen molar-refractivity contribution in [2.75, 3.05) is 6.54 Å². The SMILES string of the molecule is CC(NC(=O)C1CCCN1)C(=O)NC(C(=O)NC(C(=O)O)C(C)O)C(C)O. The Morgan fingerprint density at radius 2 is 1.48 bits per heavy atom. The predicted molar refractivity (Wildman–Crippen MR) is 93.5 cm³/mol. The molecule has 0 aromatic rings. The summed E-state index contributed by atoms with van der Waals surface area (Å²) < 4.78 is 0. The van der Waals surface area contributed by atoms with Crippen molar-refractivity contribution in [3.05, 3.63) is 0 Å². The molecular weight excluding hydrogens is 360 g/mol. The zero-order valence-electron chi connectivity index (χ0n) is 15.6. The molecule has 1 fully saturated rings. The Kier molecular flexibility index (Phi) is 8.60. The predicted octanol–water partition coefficient (Wildman–Crippen LogP) is -2.94. The second-order valence-corrected chi connectivity index (χ2v) is 6.67. The number of carboxylic acid groups (broad SMARTS) is 1. The Morgan fingerprint density at radius 1 is 0.926 bits per heavy atom. The van der Waals surface area contributed by atoms with Gasteiger partial charge in [-0.1, -0.05) is 0 Å². The van der Waals surface area contributed by atoms with E-state index in [4.69, 9.17) is 5.11 Å². The molecule has 0 aromatic heterocycles. The fourth-order valence-electron chi connectivity index (χ4n) is 2.60. The highest BCUT2D eigenvalue weighted by atomic mass is 16.4. The van der Waals surface area contributed by atoms with Crippen LogP contribution in [-0.4, -0.2) is 81.9 Å². The first-order valence-electron chi connectivity index (χ1n) is 8.78. The van der Waals surface area contributed by atoms with Crippen LogP contribution in [0.15, 0.2) is 0 Å². The van der Waals surface area contributed by atoms with Crippen LogP contribution in [-0.2, 0) is 19.2 Å². The zero-order valence-corrected chi connectivity index (χ0v) is 15.6. The number of carbonyl (C=O) groups is 4. The molecule has 1 rings (SSSR count). The molecule has 1 aliphatic heterocycles. The summed E-state index contributed by atoms with van der Waals surface area (Å²) in [5.41, 5.74) is 0. The van der Waals surface area contributed by atoms with Gasteiger partial charge < -0.3 is 36.6 Å². The fraction of sp³-hybridized carbons (Fsp3) is 0.750. The number of amides is 3. The highest BCUT2D eigenvalue weighted by Crippen LogP contribution is 2.05.